The van der Waals surface area contributed by atoms with Crippen molar-refractivity contribution in [2.45, 2.75) is 110 Å². The Labute approximate surface area is 235 Å². The molecule has 2 aromatic rings. The van der Waals surface area contributed by atoms with E-state index in [0.717, 1.165) is 0 Å². The van der Waals surface area contributed by atoms with Crippen LogP contribution in [0, 0.1) is 22.3 Å². The molecule has 35 heavy (non-hydrogen) atoms. The van der Waals surface area contributed by atoms with Crippen molar-refractivity contribution >= 4 is 7.05 Å². The molecule has 0 aromatic heterocycles. The van der Waals surface area contributed by atoms with Crippen LogP contribution in [0.15, 0.2) is 36.4 Å². The Balaban J connectivity index is 0. The standard InChI is InChI=1S/C29H43NP.3CH3.Ti/c1-26(2,3)19-13-15-21-22-16-14-20(27(4,5)6)18-24(22)25(23(21)17-19)31(30,28(7,8)9)29(10,11)12;;;;/h13-18,25H,1-12H3;3*1H3;/q4*-1;+4. The van der Waals surface area contributed by atoms with Gasteiger partial charge in [-0.15, -0.1) is 0 Å². The maximum absolute atomic E-state index is 12.8. The predicted molar refractivity (Wildman–Crippen MR) is 160 cm³/mol. The maximum Gasteiger partial charge on any atom is 4.00 e. The average Bonchev–Trinajstić information content (AvgIpc) is 2.90. The summed E-state index contributed by atoms with van der Waals surface area (Å²) in [6, 6.07) is 14.0. The minimum Gasteiger partial charge on any atom is -0.807 e. The summed E-state index contributed by atoms with van der Waals surface area (Å²) < 4.78 is 0. The third kappa shape index (κ3) is 6.11. The smallest absolute Gasteiger partial charge is 0.807 e. The molecular weight excluding hydrogens is 477 g/mol. The van der Waals surface area contributed by atoms with Gasteiger partial charge in [-0.05, 0) is 54.5 Å². The molecule has 0 N–H and O–H groups in total. The van der Waals surface area contributed by atoms with Crippen LogP contribution in [0.5, 0.6) is 0 Å². The zero-order valence-corrected chi connectivity index (χ0v) is 27.9. The molecule has 0 fully saturated rings. The molecule has 194 valence electrons. The molecule has 1 aliphatic carbocycles. The summed E-state index contributed by atoms with van der Waals surface area (Å²) in [5.41, 5.74) is 8.14. The van der Waals surface area contributed by atoms with Gasteiger partial charge in [0.25, 0.3) is 0 Å². The van der Waals surface area contributed by atoms with Gasteiger partial charge in [-0.1, -0.05) is 119 Å². The normalized spacial score (nSPS) is 13.9. The first-order valence-corrected chi connectivity index (χ1v) is 13.5. The van der Waals surface area contributed by atoms with Crippen LogP contribution in [0.1, 0.15) is 111 Å². The molecule has 3 heteroatoms. The monoisotopic (exact) mass is 529 g/mol. The molecule has 0 amide bonds. The molecule has 3 rings (SSSR count). The Kier molecular flexibility index (Phi) is 11.5. The molecule has 1 aliphatic rings. The summed E-state index contributed by atoms with van der Waals surface area (Å²) in [7, 11) is -2.49. The van der Waals surface area contributed by atoms with E-state index in [1.807, 2.05) is 0 Å². The number of rotatable bonds is 1. The van der Waals surface area contributed by atoms with Crippen LogP contribution >= 0.6 is 7.05 Å². The van der Waals surface area contributed by atoms with Gasteiger partial charge in [0.1, 0.15) is 0 Å². The van der Waals surface area contributed by atoms with Gasteiger partial charge in [-0.2, -0.15) is 0 Å². The van der Waals surface area contributed by atoms with Crippen LogP contribution in [0.2, 0.25) is 0 Å². The van der Waals surface area contributed by atoms with Crippen LogP contribution in [0.3, 0.4) is 0 Å². The molecule has 0 aliphatic heterocycles. The fourth-order valence-electron chi connectivity index (χ4n) is 5.35. The minimum absolute atomic E-state index is 0. The summed E-state index contributed by atoms with van der Waals surface area (Å²) >= 11 is 0. The summed E-state index contributed by atoms with van der Waals surface area (Å²) in [4.78, 5) is 0. The van der Waals surface area contributed by atoms with Crippen LogP contribution in [-0.4, -0.2) is 10.3 Å². The van der Waals surface area contributed by atoms with Crippen molar-refractivity contribution in [2.24, 2.45) is 0 Å². The van der Waals surface area contributed by atoms with Crippen LogP contribution in [-0.2, 0) is 32.5 Å². The molecule has 0 bridgehead atoms. The maximum atomic E-state index is 12.8. The van der Waals surface area contributed by atoms with Crippen molar-refractivity contribution in [2.75, 3.05) is 0 Å². The molecular formula is C32H52NPTi. The van der Waals surface area contributed by atoms with Crippen molar-refractivity contribution in [3.63, 3.8) is 0 Å². The van der Waals surface area contributed by atoms with Crippen molar-refractivity contribution in [3.05, 3.63) is 86.1 Å². The summed E-state index contributed by atoms with van der Waals surface area (Å²) in [6.45, 7) is 27.1. The zero-order valence-electron chi connectivity index (χ0n) is 25.4. The minimum atomic E-state index is -2.49. The Morgan fingerprint density at radius 3 is 1.09 bits per heavy atom. The van der Waals surface area contributed by atoms with Crippen molar-refractivity contribution in [1.29, 1.82) is 0 Å². The van der Waals surface area contributed by atoms with E-state index in [9.17, 15) is 5.16 Å². The van der Waals surface area contributed by atoms with E-state index in [2.05, 4.69) is 119 Å². The molecule has 0 saturated heterocycles. The van der Waals surface area contributed by atoms with Gasteiger partial charge in [0.15, 0.2) is 0 Å². The van der Waals surface area contributed by atoms with E-state index in [0.29, 0.717) is 0 Å². The topological polar surface area (TPSA) is 22.3 Å². The second-order valence-corrected chi connectivity index (χ2v) is 18.1. The molecule has 0 spiro atoms. The third-order valence-electron chi connectivity index (χ3n) is 7.13. The summed E-state index contributed by atoms with van der Waals surface area (Å²) in [6.07, 6.45) is 0. The number of hydrogen-bond donors (Lipinski definition) is 0. The first-order chi connectivity index (χ1) is 13.8. The first-order valence-electron chi connectivity index (χ1n) is 11.7. The Hall–Kier alpha value is -0.616. The van der Waals surface area contributed by atoms with Gasteiger partial charge in [0.2, 0.25) is 0 Å². The van der Waals surface area contributed by atoms with Crippen LogP contribution in [0.25, 0.3) is 16.3 Å². The van der Waals surface area contributed by atoms with Gasteiger partial charge in [0.05, 0.1) is 0 Å². The Morgan fingerprint density at radius 1 is 0.571 bits per heavy atom. The fourth-order valence-corrected chi connectivity index (χ4v) is 10.1. The van der Waals surface area contributed by atoms with E-state index in [4.69, 9.17) is 0 Å². The van der Waals surface area contributed by atoms with Crippen LogP contribution in [0.4, 0.5) is 0 Å². The van der Waals surface area contributed by atoms with Gasteiger partial charge in [0, 0.05) is 5.66 Å². The number of fused-ring (bicyclic) bond motifs is 3. The second-order valence-electron chi connectivity index (χ2n) is 13.5. The largest absolute Gasteiger partial charge is 4.00 e. The third-order valence-corrected chi connectivity index (χ3v) is 12.5. The van der Waals surface area contributed by atoms with Crippen LogP contribution < -0.4 is 0 Å². The van der Waals surface area contributed by atoms with Gasteiger partial charge in [-0.25, -0.2) is 7.05 Å². The summed E-state index contributed by atoms with van der Waals surface area (Å²) in [5.74, 6) is 0. The molecule has 0 unspecified atom stereocenters. The van der Waals surface area contributed by atoms with E-state index in [-0.39, 0.29) is 70.8 Å². The molecule has 1 nitrogen and oxygen atoms in total. The van der Waals surface area contributed by atoms with E-state index < -0.39 is 7.05 Å². The zero-order chi connectivity index (χ0) is 23.8. The molecule has 2 aromatic carbocycles. The number of nitrogens with zero attached hydrogens (tertiary/aromatic N) is 1. The second kappa shape index (κ2) is 11.0. The molecule has 0 atom stereocenters. The average molecular weight is 530 g/mol. The Morgan fingerprint density at radius 2 is 0.857 bits per heavy atom. The quantitative estimate of drug-likeness (QED) is 0.199. The van der Waals surface area contributed by atoms with Gasteiger partial charge < -0.3 is 27.4 Å². The fraction of sp³-hybridized carbons (Fsp3) is 0.531. The first kappa shape index (κ1) is 36.5. The predicted octanol–water partition coefficient (Wildman–Crippen LogP) is 11.1. The molecule has 0 heterocycles. The molecule has 0 saturated carbocycles. The molecule has 0 radical (unpaired) electrons. The van der Waals surface area contributed by atoms with Crippen molar-refractivity contribution in [3.8, 4) is 11.1 Å². The van der Waals surface area contributed by atoms with Gasteiger partial charge >= 0.3 is 21.7 Å². The van der Waals surface area contributed by atoms with E-state index in [1.165, 1.54) is 33.4 Å². The Bertz CT molecular complexity index is 971. The van der Waals surface area contributed by atoms with Gasteiger partial charge in [-0.3, -0.25) is 0 Å². The SMILES string of the molecule is CC(C)(C)c1ccc2c(c1)C(P(=[N-])(C(C)(C)C)C(C)(C)C)c1cc(C(C)(C)C)ccc1-2.[CH3-].[CH3-].[CH3-].[Ti+4]. The number of hydrogen-bond acceptors (Lipinski definition) is 0. The van der Waals surface area contributed by atoms with E-state index in [1.54, 1.807) is 0 Å². The van der Waals surface area contributed by atoms with Crippen molar-refractivity contribution in [1.82, 2.24) is 0 Å². The number of benzene rings is 2. The van der Waals surface area contributed by atoms with E-state index >= 15 is 0 Å². The van der Waals surface area contributed by atoms with Crippen molar-refractivity contribution < 1.29 is 21.7 Å². The summed E-state index contributed by atoms with van der Waals surface area (Å²) in [5, 5.41) is 12.4.